The maximum atomic E-state index is 11.8. The fourth-order valence-corrected chi connectivity index (χ4v) is 3.08. The van der Waals surface area contributed by atoms with Crippen LogP contribution in [-0.2, 0) is 19.2 Å². The smallest absolute Gasteiger partial charge is 0.163 e. The van der Waals surface area contributed by atoms with E-state index in [4.69, 9.17) is 14.7 Å². The maximum absolute atomic E-state index is 11.8. The van der Waals surface area contributed by atoms with E-state index < -0.39 is 5.79 Å². The van der Waals surface area contributed by atoms with Crippen molar-refractivity contribution < 1.29 is 24.4 Å². The van der Waals surface area contributed by atoms with Gasteiger partial charge < -0.3 is 9.47 Å². The molecule has 1 aliphatic heterocycles. The molecule has 2 rings (SSSR count). The molecule has 1 N–H and O–H groups in total. The molecule has 1 saturated carbocycles. The highest BCUT2D eigenvalue weighted by Crippen LogP contribution is 2.32. The van der Waals surface area contributed by atoms with E-state index in [0.29, 0.717) is 18.8 Å². The first-order chi connectivity index (χ1) is 9.00. The van der Waals surface area contributed by atoms with Crippen molar-refractivity contribution in [2.24, 2.45) is 11.8 Å². The number of Topliss-reactive ketones (excluding diaryl/α,β-unsaturated/α-hetero) is 1. The van der Waals surface area contributed by atoms with Gasteiger partial charge in [-0.25, -0.2) is 4.89 Å². The summed E-state index contributed by atoms with van der Waals surface area (Å²) in [5, 5.41) is 8.43. The number of carbonyl (C=O) groups is 1. The fraction of sp³-hybridized carbons (Fsp3) is 0.929. The molecule has 0 aromatic carbocycles. The molecule has 5 nitrogen and oxygen atoms in total. The van der Waals surface area contributed by atoms with Crippen molar-refractivity contribution in [2.45, 2.75) is 57.8 Å². The van der Waals surface area contributed by atoms with Crippen molar-refractivity contribution >= 4 is 5.78 Å². The Hall–Kier alpha value is -0.490. The molecule has 2 aliphatic rings. The largest absolute Gasteiger partial charge is 0.348 e. The summed E-state index contributed by atoms with van der Waals surface area (Å²) in [5.41, 5.74) is 0. The van der Waals surface area contributed by atoms with Crippen LogP contribution < -0.4 is 0 Å². The van der Waals surface area contributed by atoms with Crippen molar-refractivity contribution in [3.63, 3.8) is 0 Å². The quantitative estimate of drug-likeness (QED) is 0.594. The van der Waals surface area contributed by atoms with E-state index in [0.717, 1.165) is 25.7 Å². The van der Waals surface area contributed by atoms with E-state index in [1.165, 1.54) is 0 Å². The average molecular weight is 272 g/mol. The van der Waals surface area contributed by atoms with Gasteiger partial charge in [0.1, 0.15) is 5.78 Å². The maximum Gasteiger partial charge on any atom is 0.163 e. The molecule has 5 heteroatoms. The minimum absolute atomic E-state index is 0.135. The van der Waals surface area contributed by atoms with Crippen LogP contribution in [0.5, 0.6) is 0 Å². The van der Waals surface area contributed by atoms with Crippen molar-refractivity contribution in [2.75, 3.05) is 13.2 Å². The molecule has 1 heterocycles. The molecule has 2 fully saturated rings. The zero-order valence-electron chi connectivity index (χ0n) is 11.8. The SMILES string of the molecule is CC1(C)OCC(CCCC2CC(COO)CC2=O)O1. The highest BCUT2D eigenvalue weighted by Gasteiger charge is 2.34. The third-order valence-corrected chi connectivity index (χ3v) is 4.02. The van der Waals surface area contributed by atoms with Gasteiger partial charge >= 0.3 is 0 Å². The summed E-state index contributed by atoms with van der Waals surface area (Å²) in [6.45, 7) is 4.77. The van der Waals surface area contributed by atoms with E-state index in [9.17, 15) is 4.79 Å². The van der Waals surface area contributed by atoms with E-state index in [-0.39, 0.29) is 24.5 Å². The van der Waals surface area contributed by atoms with Crippen LogP contribution in [0.2, 0.25) is 0 Å². The second kappa shape index (κ2) is 6.31. The molecule has 1 saturated heterocycles. The van der Waals surface area contributed by atoms with Crippen LogP contribution in [0.3, 0.4) is 0 Å². The Bertz CT molecular complexity index is 315. The van der Waals surface area contributed by atoms with E-state index in [1.54, 1.807) is 0 Å². The Balaban J connectivity index is 1.65. The topological polar surface area (TPSA) is 65.0 Å². The highest BCUT2D eigenvalue weighted by molar-refractivity contribution is 5.83. The van der Waals surface area contributed by atoms with Gasteiger partial charge in [-0.1, -0.05) is 6.42 Å². The Morgan fingerprint density at radius 3 is 2.84 bits per heavy atom. The normalized spacial score (nSPS) is 34.1. The average Bonchev–Trinajstić information content (AvgIpc) is 2.84. The minimum Gasteiger partial charge on any atom is -0.348 e. The second-order valence-electron chi connectivity index (χ2n) is 6.15. The first-order valence-electron chi connectivity index (χ1n) is 7.11. The van der Waals surface area contributed by atoms with Crippen molar-refractivity contribution in [1.82, 2.24) is 0 Å². The standard InChI is InChI=1S/C14H24O5/c1-14(2)17-9-12(19-14)5-3-4-11-6-10(8-18-16)7-13(11)15/h10-12,16H,3-9H2,1-2H3. The summed E-state index contributed by atoms with van der Waals surface area (Å²) in [7, 11) is 0. The number of ketones is 1. The van der Waals surface area contributed by atoms with Crippen molar-refractivity contribution in [3.8, 4) is 0 Å². The van der Waals surface area contributed by atoms with Gasteiger partial charge in [-0.2, -0.15) is 0 Å². The third kappa shape index (κ3) is 4.24. The van der Waals surface area contributed by atoms with Crippen LogP contribution >= 0.6 is 0 Å². The summed E-state index contributed by atoms with van der Waals surface area (Å²) in [5.74, 6) is 0.172. The lowest BCUT2D eigenvalue weighted by molar-refractivity contribution is -0.250. The minimum atomic E-state index is -0.461. The van der Waals surface area contributed by atoms with Gasteiger partial charge in [-0.3, -0.25) is 10.1 Å². The highest BCUT2D eigenvalue weighted by atomic mass is 17.1. The van der Waals surface area contributed by atoms with Crippen molar-refractivity contribution in [3.05, 3.63) is 0 Å². The summed E-state index contributed by atoms with van der Waals surface area (Å²) < 4.78 is 11.3. The van der Waals surface area contributed by atoms with Crippen LogP contribution in [0.1, 0.15) is 46.0 Å². The van der Waals surface area contributed by atoms with E-state index >= 15 is 0 Å². The number of rotatable bonds is 6. The molecule has 0 aromatic heterocycles. The van der Waals surface area contributed by atoms with Gasteiger partial charge in [0.05, 0.1) is 19.3 Å². The van der Waals surface area contributed by atoms with Gasteiger partial charge in [-0.05, 0) is 39.0 Å². The number of carbonyl (C=O) groups excluding carboxylic acids is 1. The fourth-order valence-electron chi connectivity index (χ4n) is 3.08. The molecular formula is C14H24O5. The van der Waals surface area contributed by atoms with E-state index in [2.05, 4.69) is 4.89 Å². The van der Waals surface area contributed by atoms with Gasteiger partial charge in [0.25, 0.3) is 0 Å². The molecule has 19 heavy (non-hydrogen) atoms. The summed E-state index contributed by atoms with van der Waals surface area (Å²) in [6, 6.07) is 0. The molecule has 0 spiro atoms. The molecule has 0 amide bonds. The zero-order chi connectivity index (χ0) is 13.9. The monoisotopic (exact) mass is 272 g/mol. The summed E-state index contributed by atoms with van der Waals surface area (Å²) in [6.07, 6.45) is 4.36. The van der Waals surface area contributed by atoms with Gasteiger partial charge in [0, 0.05) is 12.3 Å². The molecule has 1 aliphatic carbocycles. The number of hydrogen-bond donors (Lipinski definition) is 1. The molecule has 110 valence electrons. The Kier molecular flexibility index (Phi) is 4.95. The Morgan fingerprint density at radius 1 is 1.42 bits per heavy atom. The Labute approximate surface area is 114 Å². The first kappa shape index (κ1) is 14.9. The summed E-state index contributed by atoms with van der Waals surface area (Å²) >= 11 is 0. The van der Waals surface area contributed by atoms with Crippen molar-refractivity contribution in [1.29, 1.82) is 0 Å². The summed E-state index contributed by atoms with van der Waals surface area (Å²) in [4.78, 5) is 15.9. The Morgan fingerprint density at radius 2 is 2.21 bits per heavy atom. The van der Waals surface area contributed by atoms with E-state index in [1.807, 2.05) is 13.8 Å². The van der Waals surface area contributed by atoms with Gasteiger partial charge in [0.2, 0.25) is 0 Å². The third-order valence-electron chi connectivity index (χ3n) is 4.02. The first-order valence-corrected chi connectivity index (χ1v) is 7.11. The van der Waals surface area contributed by atoms with Crippen LogP contribution in [0.15, 0.2) is 0 Å². The van der Waals surface area contributed by atoms with Crippen LogP contribution in [0.4, 0.5) is 0 Å². The molecule has 3 unspecified atom stereocenters. The molecule has 0 aromatic rings. The molecule has 0 bridgehead atoms. The van der Waals surface area contributed by atoms with Crippen LogP contribution in [0, 0.1) is 11.8 Å². The van der Waals surface area contributed by atoms with Gasteiger partial charge in [-0.15, -0.1) is 0 Å². The molecule has 3 atom stereocenters. The lowest BCUT2D eigenvalue weighted by Crippen LogP contribution is -2.21. The zero-order valence-corrected chi connectivity index (χ0v) is 11.8. The number of ether oxygens (including phenoxy) is 2. The lowest BCUT2D eigenvalue weighted by atomic mass is 9.97. The molecular weight excluding hydrogens is 248 g/mol. The van der Waals surface area contributed by atoms with Crippen LogP contribution in [0.25, 0.3) is 0 Å². The van der Waals surface area contributed by atoms with Gasteiger partial charge in [0.15, 0.2) is 5.79 Å². The molecule has 0 radical (unpaired) electrons. The number of hydrogen-bond acceptors (Lipinski definition) is 5. The second-order valence-corrected chi connectivity index (χ2v) is 6.15. The van der Waals surface area contributed by atoms with Crippen LogP contribution in [-0.4, -0.2) is 36.1 Å². The lowest BCUT2D eigenvalue weighted by Gasteiger charge is -2.17. The predicted molar refractivity (Wildman–Crippen MR) is 68.6 cm³/mol. The predicted octanol–water partition coefficient (Wildman–Crippen LogP) is 2.39.